The minimum Gasteiger partial charge on any atom is -0.493 e. The molecule has 1 amide bonds. The van der Waals surface area contributed by atoms with E-state index in [1.165, 1.54) is 0 Å². The fourth-order valence-electron chi connectivity index (χ4n) is 2.09. The smallest absolute Gasteiger partial charge is 0.275 e. The number of carbonyl (C=O) groups excluding carboxylic acids is 1. The zero-order chi connectivity index (χ0) is 15.8. The molecular weight excluding hydrogens is 268 g/mol. The number of ether oxygens (including phenoxy) is 2. The van der Waals surface area contributed by atoms with Crippen molar-refractivity contribution in [3.63, 3.8) is 0 Å². The molecule has 1 unspecified atom stereocenters. The van der Waals surface area contributed by atoms with Crippen LogP contribution in [0.3, 0.4) is 0 Å². The maximum atomic E-state index is 11.6. The molecule has 114 valence electrons. The minimum absolute atomic E-state index is 0.0522. The van der Waals surface area contributed by atoms with Gasteiger partial charge in [0.1, 0.15) is 6.54 Å². The number of methoxy groups -OCH3 is 2. The lowest BCUT2D eigenvalue weighted by Gasteiger charge is -2.17. The molecule has 0 heterocycles. The van der Waals surface area contributed by atoms with Gasteiger partial charge in [-0.1, -0.05) is 5.92 Å². The van der Waals surface area contributed by atoms with Gasteiger partial charge in [-0.15, -0.1) is 6.42 Å². The summed E-state index contributed by atoms with van der Waals surface area (Å²) in [6.07, 6.45) is 5.11. The Morgan fingerprint density at radius 1 is 1.33 bits per heavy atom. The summed E-state index contributed by atoms with van der Waals surface area (Å²) in [6, 6.07) is 3.90. The lowest BCUT2D eigenvalue weighted by molar-refractivity contribution is -0.885. The Balaban J connectivity index is 2.74. The summed E-state index contributed by atoms with van der Waals surface area (Å²) in [5.41, 5.74) is 2.23. The summed E-state index contributed by atoms with van der Waals surface area (Å²) >= 11 is 0. The SMILES string of the molecule is C#CCNC(=O)C[NH+](C)Cc1cc(OC)c(OC)cc1C. The summed E-state index contributed by atoms with van der Waals surface area (Å²) in [5, 5.41) is 2.66. The van der Waals surface area contributed by atoms with Gasteiger partial charge in [-0.2, -0.15) is 0 Å². The largest absolute Gasteiger partial charge is 0.493 e. The Labute approximate surface area is 126 Å². The van der Waals surface area contributed by atoms with Gasteiger partial charge in [0.15, 0.2) is 18.0 Å². The van der Waals surface area contributed by atoms with Gasteiger partial charge in [0.2, 0.25) is 0 Å². The summed E-state index contributed by atoms with van der Waals surface area (Å²) in [4.78, 5) is 12.7. The molecule has 5 nitrogen and oxygen atoms in total. The maximum Gasteiger partial charge on any atom is 0.275 e. The van der Waals surface area contributed by atoms with Crippen molar-refractivity contribution < 1.29 is 19.2 Å². The van der Waals surface area contributed by atoms with Crippen LogP contribution >= 0.6 is 0 Å². The first-order valence-electron chi connectivity index (χ1n) is 6.74. The standard InChI is InChI=1S/C16H22N2O3/c1-6-7-17-16(19)11-18(3)10-13-9-15(21-5)14(20-4)8-12(13)2/h1,8-9H,7,10-11H2,2-5H3,(H,17,19)/p+1. The van der Waals surface area contributed by atoms with Crippen molar-refractivity contribution in [3.05, 3.63) is 23.3 Å². The molecule has 0 saturated carbocycles. The zero-order valence-electron chi connectivity index (χ0n) is 13.1. The molecule has 0 saturated heterocycles. The molecule has 0 aliphatic heterocycles. The fraction of sp³-hybridized carbons (Fsp3) is 0.438. The number of quaternary nitrogens is 1. The minimum atomic E-state index is -0.0522. The van der Waals surface area contributed by atoms with E-state index in [0.29, 0.717) is 18.0 Å². The second kappa shape index (κ2) is 8.18. The molecule has 1 atom stereocenters. The summed E-state index contributed by atoms with van der Waals surface area (Å²) in [5.74, 6) is 3.74. The summed E-state index contributed by atoms with van der Waals surface area (Å²) < 4.78 is 10.6. The van der Waals surface area contributed by atoms with E-state index in [0.717, 1.165) is 22.6 Å². The third-order valence-corrected chi connectivity index (χ3v) is 3.18. The monoisotopic (exact) mass is 291 g/mol. The Morgan fingerprint density at radius 2 is 1.95 bits per heavy atom. The van der Waals surface area contributed by atoms with E-state index in [9.17, 15) is 4.79 Å². The first-order valence-corrected chi connectivity index (χ1v) is 6.74. The van der Waals surface area contributed by atoms with Crippen LogP contribution in [0.5, 0.6) is 11.5 Å². The van der Waals surface area contributed by atoms with Crippen LogP contribution in [0.4, 0.5) is 0 Å². The molecule has 2 N–H and O–H groups in total. The molecule has 1 aromatic carbocycles. The molecule has 21 heavy (non-hydrogen) atoms. The van der Waals surface area contributed by atoms with Crippen LogP contribution in [0.25, 0.3) is 0 Å². The van der Waals surface area contributed by atoms with E-state index in [1.54, 1.807) is 14.2 Å². The highest BCUT2D eigenvalue weighted by atomic mass is 16.5. The molecule has 0 aliphatic carbocycles. The van der Waals surface area contributed by atoms with E-state index in [1.807, 2.05) is 26.1 Å². The van der Waals surface area contributed by atoms with Gasteiger partial charge in [-0.25, -0.2) is 0 Å². The number of hydrogen-bond donors (Lipinski definition) is 2. The lowest BCUT2D eigenvalue weighted by atomic mass is 10.1. The zero-order valence-corrected chi connectivity index (χ0v) is 13.1. The summed E-state index contributed by atoms with van der Waals surface area (Å²) in [7, 11) is 5.19. The van der Waals surface area contributed by atoms with Crippen molar-refractivity contribution in [1.29, 1.82) is 0 Å². The Morgan fingerprint density at radius 3 is 2.52 bits per heavy atom. The van der Waals surface area contributed by atoms with E-state index >= 15 is 0 Å². The van der Waals surface area contributed by atoms with Gasteiger partial charge in [0.25, 0.3) is 5.91 Å². The van der Waals surface area contributed by atoms with Gasteiger partial charge < -0.3 is 19.7 Å². The third kappa shape index (κ3) is 5.01. The second-order valence-corrected chi connectivity index (χ2v) is 4.93. The second-order valence-electron chi connectivity index (χ2n) is 4.93. The van der Waals surface area contributed by atoms with Gasteiger partial charge in [-0.05, 0) is 24.6 Å². The fourth-order valence-corrected chi connectivity index (χ4v) is 2.09. The van der Waals surface area contributed by atoms with E-state index in [4.69, 9.17) is 15.9 Å². The number of benzene rings is 1. The van der Waals surface area contributed by atoms with Crippen LogP contribution in [0.2, 0.25) is 0 Å². The highest BCUT2D eigenvalue weighted by Gasteiger charge is 2.14. The average Bonchev–Trinajstić information content (AvgIpc) is 2.46. The highest BCUT2D eigenvalue weighted by Crippen LogP contribution is 2.29. The van der Waals surface area contributed by atoms with Crippen LogP contribution in [-0.2, 0) is 11.3 Å². The Bertz CT molecular complexity index is 535. The number of likely N-dealkylation sites (N-methyl/N-ethyl adjacent to an activating group) is 1. The van der Waals surface area contributed by atoms with Crippen molar-refractivity contribution in [1.82, 2.24) is 5.32 Å². The molecule has 0 aliphatic rings. The predicted molar refractivity (Wildman–Crippen MR) is 81.6 cm³/mol. The van der Waals surface area contributed by atoms with Crippen LogP contribution in [0, 0.1) is 19.3 Å². The van der Waals surface area contributed by atoms with Gasteiger partial charge in [-0.3, -0.25) is 4.79 Å². The third-order valence-electron chi connectivity index (χ3n) is 3.18. The molecule has 5 heteroatoms. The normalized spacial score (nSPS) is 11.4. The van der Waals surface area contributed by atoms with E-state index in [-0.39, 0.29) is 12.5 Å². The lowest BCUT2D eigenvalue weighted by Crippen LogP contribution is -3.09. The van der Waals surface area contributed by atoms with Crippen LogP contribution in [-0.4, -0.2) is 40.3 Å². The molecule has 1 rings (SSSR count). The first kappa shape index (κ1) is 16.9. The van der Waals surface area contributed by atoms with Crippen LogP contribution < -0.4 is 19.7 Å². The maximum absolute atomic E-state index is 11.6. The van der Waals surface area contributed by atoms with Crippen LogP contribution in [0.15, 0.2) is 12.1 Å². The quantitative estimate of drug-likeness (QED) is 0.683. The number of terminal acetylenes is 1. The van der Waals surface area contributed by atoms with Gasteiger partial charge in [0.05, 0.1) is 27.8 Å². The van der Waals surface area contributed by atoms with Gasteiger partial charge in [0, 0.05) is 5.56 Å². The molecule has 1 aromatic rings. The number of nitrogens with one attached hydrogen (secondary N) is 2. The van der Waals surface area contributed by atoms with Crippen molar-refractivity contribution in [2.24, 2.45) is 0 Å². The molecule has 0 aromatic heterocycles. The molecule has 0 spiro atoms. The van der Waals surface area contributed by atoms with Crippen LogP contribution in [0.1, 0.15) is 11.1 Å². The molecular formula is C16H23N2O3+. The topological polar surface area (TPSA) is 52.0 Å². The van der Waals surface area contributed by atoms with E-state index in [2.05, 4.69) is 11.2 Å². The Hall–Kier alpha value is -2.19. The van der Waals surface area contributed by atoms with Crippen molar-refractivity contribution in [2.75, 3.05) is 34.4 Å². The number of carbonyl (C=O) groups is 1. The predicted octanol–water partition coefficient (Wildman–Crippen LogP) is -0.224. The molecule has 0 fully saturated rings. The van der Waals surface area contributed by atoms with Crippen molar-refractivity contribution in [2.45, 2.75) is 13.5 Å². The number of hydrogen-bond acceptors (Lipinski definition) is 3. The van der Waals surface area contributed by atoms with Crippen molar-refractivity contribution >= 4 is 5.91 Å². The Kier molecular flexibility index (Phi) is 6.57. The summed E-state index contributed by atoms with van der Waals surface area (Å²) in [6.45, 7) is 3.37. The molecule has 0 bridgehead atoms. The highest BCUT2D eigenvalue weighted by molar-refractivity contribution is 5.77. The van der Waals surface area contributed by atoms with Crippen molar-refractivity contribution in [3.8, 4) is 23.8 Å². The molecule has 0 radical (unpaired) electrons. The van der Waals surface area contributed by atoms with E-state index < -0.39 is 0 Å². The average molecular weight is 291 g/mol. The number of amides is 1. The number of aryl methyl sites for hydroxylation is 1. The van der Waals surface area contributed by atoms with Gasteiger partial charge >= 0.3 is 0 Å². The first-order chi connectivity index (χ1) is 10.0. The number of rotatable bonds is 7.